The third-order valence-electron chi connectivity index (χ3n) is 4.46. The molecule has 0 bridgehead atoms. The summed E-state index contributed by atoms with van der Waals surface area (Å²) in [4.78, 5) is 4.87. The lowest BCUT2D eigenvalue weighted by Gasteiger charge is -2.10. The Bertz CT molecular complexity index is 1020. The summed E-state index contributed by atoms with van der Waals surface area (Å²) in [7, 11) is 0. The Labute approximate surface area is 156 Å². The van der Waals surface area contributed by atoms with Gasteiger partial charge >= 0.3 is 0 Å². The van der Waals surface area contributed by atoms with E-state index in [9.17, 15) is 0 Å². The van der Waals surface area contributed by atoms with Crippen LogP contribution in [0.15, 0.2) is 89.4 Å². The fraction of sp³-hybridized carbons (Fsp3) is 0.0870. The summed E-state index contributed by atoms with van der Waals surface area (Å²) >= 11 is 3.55. The van der Waals surface area contributed by atoms with Crippen LogP contribution < -0.4 is 0 Å². The number of fused-ring (bicyclic) bond motifs is 1. The largest absolute Gasteiger partial charge is 0.248 e. The van der Waals surface area contributed by atoms with Gasteiger partial charge in [0.05, 0.1) is 11.2 Å². The van der Waals surface area contributed by atoms with Crippen LogP contribution in [-0.2, 0) is 12.8 Å². The molecule has 25 heavy (non-hydrogen) atoms. The van der Waals surface area contributed by atoms with Gasteiger partial charge in [0.1, 0.15) is 0 Å². The number of aryl methyl sites for hydroxylation is 2. The predicted octanol–water partition coefficient (Wildman–Crippen LogP) is 6.45. The van der Waals surface area contributed by atoms with Crippen LogP contribution in [0.3, 0.4) is 0 Å². The molecule has 0 spiro atoms. The summed E-state index contributed by atoms with van der Waals surface area (Å²) in [6.45, 7) is 0. The standard InChI is InChI=1S/C23H18BrN/c24-20-9-5-6-17(16-20)12-13-18-7-1-3-10-21(18)23-15-14-19-8-2-4-11-22(19)25-23/h1-11,14-16H,12-13H2. The number of rotatable bonds is 4. The van der Waals surface area contributed by atoms with E-state index in [-0.39, 0.29) is 0 Å². The molecule has 4 aromatic rings. The van der Waals surface area contributed by atoms with Crippen molar-refractivity contribution >= 4 is 26.8 Å². The topological polar surface area (TPSA) is 12.9 Å². The third-order valence-corrected chi connectivity index (χ3v) is 4.96. The lowest BCUT2D eigenvalue weighted by molar-refractivity contribution is 0.960. The molecular formula is C23H18BrN. The summed E-state index contributed by atoms with van der Waals surface area (Å²) in [6, 6.07) is 29.7. The second-order valence-electron chi connectivity index (χ2n) is 6.18. The number of hydrogen-bond donors (Lipinski definition) is 0. The number of para-hydroxylation sites is 1. The highest BCUT2D eigenvalue weighted by Gasteiger charge is 2.07. The Morgan fingerprint density at radius 1 is 0.720 bits per heavy atom. The van der Waals surface area contributed by atoms with Crippen molar-refractivity contribution < 1.29 is 0 Å². The summed E-state index contributed by atoms with van der Waals surface area (Å²) in [5.74, 6) is 0. The van der Waals surface area contributed by atoms with Crippen molar-refractivity contribution in [3.63, 3.8) is 0 Å². The fourth-order valence-electron chi connectivity index (χ4n) is 3.18. The fourth-order valence-corrected chi connectivity index (χ4v) is 3.62. The molecule has 4 rings (SSSR count). The quantitative estimate of drug-likeness (QED) is 0.392. The van der Waals surface area contributed by atoms with E-state index in [0.29, 0.717) is 0 Å². The molecule has 1 nitrogen and oxygen atoms in total. The molecule has 0 fully saturated rings. The first kappa shape index (κ1) is 16.0. The molecule has 1 heterocycles. The highest BCUT2D eigenvalue weighted by Crippen LogP contribution is 2.25. The normalized spacial score (nSPS) is 10.9. The van der Waals surface area contributed by atoms with Gasteiger partial charge in [0, 0.05) is 15.4 Å². The molecule has 0 aliphatic heterocycles. The Hall–Kier alpha value is -2.45. The Morgan fingerprint density at radius 3 is 2.48 bits per heavy atom. The number of pyridine rings is 1. The van der Waals surface area contributed by atoms with Crippen molar-refractivity contribution in [2.45, 2.75) is 12.8 Å². The van der Waals surface area contributed by atoms with Crippen LogP contribution >= 0.6 is 15.9 Å². The molecule has 3 aromatic carbocycles. The highest BCUT2D eigenvalue weighted by atomic mass is 79.9. The van der Waals surface area contributed by atoms with E-state index < -0.39 is 0 Å². The van der Waals surface area contributed by atoms with Crippen LogP contribution in [0.4, 0.5) is 0 Å². The van der Waals surface area contributed by atoms with Crippen LogP contribution in [0.5, 0.6) is 0 Å². The minimum atomic E-state index is 1.00. The maximum absolute atomic E-state index is 4.87. The second kappa shape index (κ2) is 7.20. The van der Waals surface area contributed by atoms with E-state index in [1.807, 2.05) is 6.07 Å². The van der Waals surface area contributed by atoms with Gasteiger partial charge in [0.15, 0.2) is 0 Å². The first-order valence-electron chi connectivity index (χ1n) is 8.48. The smallest absolute Gasteiger partial charge is 0.0712 e. The van der Waals surface area contributed by atoms with Gasteiger partial charge in [-0.3, -0.25) is 0 Å². The van der Waals surface area contributed by atoms with Gasteiger partial charge in [-0.15, -0.1) is 0 Å². The number of hydrogen-bond acceptors (Lipinski definition) is 1. The van der Waals surface area contributed by atoms with Crippen molar-refractivity contribution in [3.8, 4) is 11.3 Å². The van der Waals surface area contributed by atoms with E-state index >= 15 is 0 Å². The van der Waals surface area contributed by atoms with Crippen LogP contribution in [0.1, 0.15) is 11.1 Å². The Balaban J connectivity index is 1.65. The van der Waals surface area contributed by atoms with Gasteiger partial charge in [-0.2, -0.15) is 0 Å². The van der Waals surface area contributed by atoms with Crippen LogP contribution in [0.25, 0.3) is 22.2 Å². The van der Waals surface area contributed by atoms with Gasteiger partial charge in [-0.05, 0) is 48.2 Å². The molecule has 122 valence electrons. The summed E-state index contributed by atoms with van der Waals surface area (Å²) in [5, 5.41) is 1.18. The molecule has 0 saturated heterocycles. The average Bonchev–Trinajstić information content (AvgIpc) is 2.66. The lowest BCUT2D eigenvalue weighted by atomic mass is 9.97. The van der Waals surface area contributed by atoms with E-state index in [4.69, 9.17) is 4.98 Å². The number of aromatic nitrogens is 1. The summed E-state index contributed by atoms with van der Waals surface area (Å²) in [5.41, 5.74) is 5.99. The van der Waals surface area contributed by atoms with Crippen molar-refractivity contribution in [1.29, 1.82) is 0 Å². The minimum absolute atomic E-state index is 1.00. The molecule has 0 unspecified atom stereocenters. The molecule has 1 aromatic heterocycles. The monoisotopic (exact) mass is 387 g/mol. The third kappa shape index (κ3) is 3.64. The molecular weight excluding hydrogens is 370 g/mol. The van der Waals surface area contributed by atoms with Gasteiger partial charge in [-0.1, -0.05) is 76.6 Å². The van der Waals surface area contributed by atoms with Crippen LogP contribution in [0, 0.1) is 0 Å². The zero-order chi connectivity index (χ0) is 17.1. The van der Waals surface area contributed by atoms with Crippen molar-refractivity contribution in [2.24, 2.45) is 0 Å². The number of benzene rings is 3. The summed E-state index contributed by atoms with van der Waals surface area (Å²) in [6.07, 6.45) is 2.02. The Morgan fingerprint density at radius 2 is 1.56 bits per heavy atom. The predicted molar refractivity (Wildman–Crippen MR) is 109 cm³/mol. The van der Waals surface area contributed by atoms with Crippen molar-refractivity contribution in [3.05, 3.63) is 101 Å². The lowest BCUT2D eigenvalue weighted by Crippen LogP contribution is -1.96. The first-order valence-corrected chi connectivity index (χ1v) is 9.27. The van der Waals surface area contributed by atoms with Gasteiger partial charge in [0.2, 0.25) is 0 Å². The Kier molecular flexibility index (Phi) is 4.62. The molecule has 0 aliphatic rings. The zero-order valence-electron chi connectivity index (χ0n) is 13.8. The number of halogens is 1. The molecule has 0 radical (unpaired) electrons. The van der Waals surface area contributed by atoms with Crippen molar-refractivity contribution in [1.82, 2.24) is 4.98 Å². The van der Waals surface area contributed by atoms with E-state index in [2.05, 4.69) is 94.8 Å². The zero-order valence-corrected chi connectivity index (χ0v) is 15.4. The van der Waals surface area contributed by atoms with Crippen molar-refractivity contribution in [2.75, 3.05) is 0 Å². The van der Waals surface area contributed by atoms with Crippen LogP contribution in [0.2, 0.25) is 0 Å². The van der Waals surface area contributed by atoms with E-state index in [1.54, 1.807) is 0 Å². The van der Waals surface area contributed by atoms with Gasteiger partial charge in [-0.25, -0.2) is 4.98 Å². The highest BCUT2D eigenvalue weighted by molar-refractivity contribution is 9.10. The summed E-state index contributed by atoms with van der Waals surface area (Å²) < 4.78 is 1.13. The second-order valence-corrected chi connectivity index (χ2v) is 7.09. The molecule has 0 saturated carbocycles. The van der Waals surface area contributed by atoms with E-state index in [1.165, 1.54) is 22.1 Å². The minimum Gasteiger partial charge on any atom is -0.248 e. The molecule has 0 N–H and O–H groups in total. The molecule has 0 atom stereocenters. The number of nitrogens with zero attached hydrogens (tertiary/aromatic N) is 1. The SMILES string of the molecule is Brc1cccc(CCc2ccccc2-c2ccc3ccccc3n2)c1. The molecule has 0 aliphatic carbocycles. The van der Waals surface area contributed by atoms with Gasteiger partial charge < -0.3 is 0 Å². The van der Waals surface area contributed by atoms with Gasteiger partial charge in [0.25, 0.3) is 0 Å². The first-order chi connectivity index (χ1) is 12.3. The maximum atomic E-state index is 4.87. The average molecular weight is 388 g/mol. The molecule has 0 amide bonds. The maximum Gasteiger partial charge on any atom is 0.0712 e. The van der Waals surface area contributed by atoms with E-state index in [0.717, 1.165) is 28.5 Å². The molecule has 2 heteroatoms. The van der Waals surface area contributed by atoms with Crippen LogP contribution in [-0.4, -0.2) is 4.98 Å².